The first-order valence-electron chi connectivity index (χ1n) is 7.66. The summed E-state index contributed by atoms with van der Waals surface area (Å²) in [6, 6.07) is 15.0. The van der Waals surface area contributed by atoms with Crippen molar-refractivity contribution >= 4 is 26.9 Å². The lowest BCUT2D eigenvalue weighted by atomic mass is 10.1. The van der Waals surface area contributed by atoms with Gasteiger partial charge in [-0.05, 0) is 35.9 Å². The first-order valence-corrected chi connectivity index (χ1v) is 8.45. The Morgan fingerprint density at radius 2 is 1.92 bits per heavy atom. The van der Waals surface area contributed by atoms with Gasteiger partial charge in [0.2, 0.25) is 5.82 Å². The molecular formula is C18H13BrN4O2. The van der Waals surface area contributed by atoms with E-state index in [1.54, 1.807) is 6.07 Å². The van der Waals surface area contributed by atoms with Crippen LogP contribution in [0.25, 0.3) is 22.4 Å². The van der Waals surface area contributed by atoms with Crippen molar-refractivity contribution in [1.29, 1.82) is 0 Å². The highest BCUT2D eigenvalue weighted by atomic mass is 79.9. The predicted octanol–water partition coefficient (Wildman–Crippen LogP) is 3.57. The smallest absolute Gasteiger partial charge is 0.336 e. The minimum atomic E-state index is -0.403. The van der Waals surface area contributed by atoms with Crippen molar-refractivity contribution in [3.05, 3.63) is 74.6 Å². The minimum Gasteiger partial charge on any atom is -0.423 e. The topological polar surface area (TPSA) is 73.8 Å². The third kappa shape index (κ3) is 3.23. The number of nitrogens with zero attached hydrogens (tertiary/aromatic N) is 4. The van der Waals surface area contributed by atoms with Crippen molar-refractivity contribution < 1.29 is 4.42 Å². The number of hydrogen-bond donors (Lipinski definition) is 0. The summed E-state index contributed by atoms with van der Waals surface area (Å²) in [6.07, 6.45) is 0. The quantitative estimate of drug-likeness (QED) is 0.495. The van der Waals surface area contributed by atoms with Gasteiger partial charge in [-0.15, -0.1) is 10.2 Å². The van der Waals surface area contributed by atoms with E-state index in [0.29, 0.717) is 18.0 Å². The molecule has 4 rings (SSSR count). The molecule has 2 aromatic heterocycles. The van der Waals surface area contributed by atoms with Crippen LogP contribution in [0.5, 0.6) is 0 Å². The molecule has 0 atom stereocenters. The molecular weight excluding hydrogens is 384 g/mol. The summed E-state index contributed by atoms with van der Waals surface area (Å²) >= 11 is 3.38. The number of tetrazole rings is 1. The van der Waals surface area contributed by atoms with Crippen LogP contribution < -0.4 is 5.63 Å². The number of rotatable bonds is 3. The maximum Gasteiger partial charge on any atom is 0.336 e. The van der Waals surface area contributed by atoms with Gasteiger partial charge in [0.15, 0.2) is 0 Å². The Labute approximate surface area is 151 Å². The number of fused-ring (bicyclic) bond motifs is 1. The summed E-state index contributed by atoms with van der Waals surface area (Å²) in [7, 11) is 0. The molecule has 0 saturated heterocycles. The lowest BCUT2D eigenvalue weighted by molar-refractivity contribution is 0.545. The Morgan fingerprint density at radius 3 is 2.72 bits per heavy atom. The first-order chi connectivity index (χ1) is 12.1. The molecule has 0 aliphatic rings. The highest BCUT2D eigenvalue weighted by Crippen LogP contribution is 2.22. The Kier molecular flexibility index (Phi) is 3.93. The van der Waals surface area contributed by atoms with Crippen molar-refractivity contribution in [1.82, 2.24) is 20.2 Å². The molecule has 0 radical (unpaired) electrons. The molecule has 2 aromatic carbocycles. The number of hydrogen-bond acceptors (Lipinski definition) is 5. The van der Waals surface area contributed by atoms with Crippen molar-refractivity contribution in [2.24, 2.45) is 0 Å². The van der Waals surface area contributed by atoms with E-state index in [9.17, 15) is 4.79 Å². The zero-order chi connectivity index (χ0) is 17.4. The van der Waals surface area contributed by atoms with Gasteiger partial charge in [0.25, 0.3) is 0 Å². The molecule has 7 heteroatoms. The van der Waals surface area contributed by atoms with Crippen LogP contribution in [0.4, 0.5) is 0 Å². The normalized spacial score (nSPS) is 11.1. The molecule has 0 saturated carbocycles. The Balaban J connectivity index is 1.70. The van der Waals surface area contributed by atoms with Crippen LogP contribution in [0.3, 0.4) is 0 Å². The van der Waals surface area contributed by atoms with Gasteiger partial charge in [-0.25, -0.2) is 4.79 Å². The van der Waals surface area contributed by atoms with Crippen molar-refractivity contribution in [3.8, 4) is 11.4 Å². The summed E-state index contributed by atoms with van der Waals surface area (Å²) in [4.78, 5) is 13.3. The second-order valence-electron chi connectivity index (χ2n) is 5.74. The van der Waals surface area contributed by atoms with E-state index in [0.717, 1.165) is 21.0 Å². The van der Waals surface area contributed by atoms with Gasteiger partial charge in [-0.1, -0.05) is 45.8 Å². The molecule has 0 aliphatic heterocycles. The zero-order valence-electron chi connectivity index (χ0n) is 13.3. The van der Waals surface area contributed by atoms with E-state index in [1.807, 2.05) is 43.3 Å². The monoisotopic (exact) mass is 396 g/mol. The van der Waals surface area contributed by atoms with Crippen LogP contribution in [0.2, 0.25) is 0 Å². The van der Waals surface area contributed by atoms with Crippen LogP contribution in [0, 0.1) is 6.92 Å². The Hall–Kier alpha value is -2.80. The SMILES string of the molecule is Cc1ccc(-c2nnn(Cc3cc(=O)oc4cc(Br)ccc34)n2)cc1. The molecule has 2 heterocycles. The summed E-state index contributed by atoms with van der Waals surface area (Å²) in [5.74, 6) is 0.551. The maximum absolute atomic E-state index is 11.8. The van der Waals surface area contributed by atoms with Gasteiger partial charge in [0.05, 0.1) is 6.54 Å². The van der Waals surface area contributed by atoms with Crippen molar-refractivity contribution in [2.45, 2.75) is 13.5 Å². The second-order valence-corrected chi connectivity index (χ2v) is 6.66. The number of aromatic nitrogens is 4. The van der Waals surface area contributed by atoms with E-state index >= 15 is 0 Å². The molecule has 6 nitrogen and oxygen atoms in total. The standard InChI is InChI=1S/C18H13BrN4O2/c1-11-2-4-12(5-3-11)18-20-22-23(21-18)10-13-8-17(24)25-16-9-14(19)6-7-15(13)16/h2-9H,10H2,1H3. The van der Waals surface area contributed by atoms with Gasteiger partial charge in [-0.3, -0.25) is 0 Å². The molecule has 4 aromatic rings. The molecule has 0 unspecified atom stereocenters. The van der Waals surface area contributed by atoms with Crippen LogP contribution >= 0.6 is 15.9 Å². The molecule has 124 valence electrons. The molecule has 0 N–H and O–H groups in total. The second kappa shape index (κ2) is 6.25. The lowest BCUT2D eigenvalue weighted by Gasteiger charge is -2.04. The summed E-state index contributed by atoms with van der Waals surface area (Å²) in [5, 5.41) is 13.5. The third-order valence-electron chi connectivity index (χ3n) is 3.87. The fraction of sp³-hybridized carbons (Fsp3) is 0.111. The summed E-state index contributed by atoms with van der Waals surface area (Å²) in [6.45, 7) is 2.36. The van der Waals surface area contributed by atoms with Crippen LogP contribution in [-0.4, -0.2) is 20.2 Å². The number of benzene rings is 2. The number of aryl methyl sites for hydroxylation is 1. The lowest BCUT2D eigenvalue weighted by Crippen LogP contribution is -2.08. The zero-order valence-corrected chi connectivity index (χ0v) is 14.9. The Morgan fingerprint density at radius 1 is 1.12 bits per heavy atom. The maximum atomic E-state index is 11.8. The van der Waals surface area contributed by atoms with E-state index in [4.69, 9.17) is 4.42 Å². The Bertz CT molecular complexity index is 1120. The number of halogens is 1. The van der Waals surface area contributed by atoms with E-state index in [2.05, 4.69) is 31.3 Å². The van der Waals surface area contributed by atoms with Gasteiger partial charge in [0, 0.05) is 21.5 Å². The van der Waals surface area contributed by atoms with Gasteiger partial charge >= 0.3 is 5.63 Å². The van der Waals surface area contributed by atoms with Crippen LogP contribution in [0.15, 0.2) is 62.2 Å². The van der Waals surface area contributed by atoms with Gasteiger partial charge in [-0.2, -0.15) is 4.80 Å². The molecule has 0 aliphatic carbocycles. The molecule has 25 heavy (non-hydrogen) atoms. The average molecular weight is 397 g/mol. The fourth-order valence-corrected chi connectivity index (χ4v) is 2.96. The molecule has 0 fully saturated rings. The fourth-order valence-electron chi connectivity index (χ4n) is 2.62. The van der Waals surface area contributed by atoms with Gasteiger partial charge in [0.1, 0.15) is 5.58 Å². The van der Waals surface area contributed by atoms with Gasteiger partial charge < -0.3 is 4.42 Å². The minimum absolute atomic E-state index is 0.336. The first kappa shape index (κ1) is 15.7. The summed E-state index contributed by atoms with van der Waals surface area (Å²) in [5.41, 5.74) is 2.98. The van der Waals surface area contributed by atoms with Crippen LogP contribution in [0.1, 0.15) is 11.1 Å². The largest absolute Gasteiger partial charge is 0.423 e. The molecule has 0 amide bonds. The van der Waals surface area contributed by atoms with E-state index in [1.165, 1.54) is 16.4 Å². The highest BCUT2D eigenvalue weighted by Gasteiger charge is 2.10. The highest BCUT2D eigenvalue weighted by molar-refractivity contribution is 9.10. The molecule has 0 bridgehead atoms. The van der Waals surface area contributed by atoms with Crippen molar-refractivity contribution in [2.75, 3.05) is 0 Å². The average Bonchev–Trinajstić information content (AvgIpc) is 3.03. The summed E-state index contributed by atoms with van der Waals surface area (Å²) < 4.78 is 6.10. The van der Waals surface area contributed by atoms with E-state index in [-0.39, 0.29) is 0 Å². The molecule has 0 spiro atoms. The van der Waals surface area contributed by atoms with Crippen molar-refractivity contribution in [3.63, 3.8) is 0 Å². The van der Waals surface area contributed by atoms with Crippen LogP contribution in [-0.2, 0) is 6.54 Å². The van der Waals surface area contributed by atoms with E-state index < -0.39 is 5.63 Å². The predicted molar refractivity (Wildman–Crippen MR) is 97.3 cm³/mol. The third-order valence-corrected chi connectivity index (χ3v) is 4.36.